The summed E-state index contributed by atoms with van der Waals surface area (Å²) in [6.45, 7) is -0.305. The van der Waals surface area contributed by atoms with E-state index in [0.717, 1.165) is 11.1 Å². The Labute approximate surface area is 173 Å². The average Bonchev–Trinajstić information content (AvgIpc) is 2.73. The van der Waals surface area contributed by atoms with Crippen molar-refractivity contribution in [2.75, 3.05) is 19.8 Å². The molecule has 29 heavy (non-hydrogen) atoms. The highest BCUT2D eigenvalue weighted by atomic mass is 35.5. The van der Waals surface area contributed by atoms with Gasteiger partial charge >= 0.3 is 0 Å². The Kier molecular flexibility index (Phi) is 7.48. The lowest BCUT2D eigenvalue weighted by Gasteiger charge is -2.40. The molecule has 0 unspecified atom stereocenters. The first-order valence-electron chi connectivity index (χ1n) is 9.36. The molecule has 0 radical (unpaired) electrons. The molecule has 2 aromatic carbocycles. The summed E-state index contributed by atoms with van der Waals surface area (Å²) in [6, 6.07) is 12.6. The largest absolute Gasteiger partial charge is 0.491 e. The molecule has 3 rings (SSSR count). The number of ether oxygens (including phenoxy) is 2. The Morgan fingerprint density at radius 1 is 0.931 bits per heavy atom. The van der Waals surface area contributed by atoms with Gasteiger partial charge in [-0.2, -0.15) is 0 Å². The Balaban J connectivity index is 1.79. The third-order valence-electron chi connectivity index (χ3n) is 4.97. The molecule has 0 aliphatic carbocycles. The van der Waals surface area contributed by atoms with E-state index in [0.29, 0.717) is 22.8 Å². The van der Waals surface area contributed by atoms with E-state index < -0.39 is 37.1 Å². The molecule has 8 heteroatoms. The van der Waals surface area contributed by atoms with Crippen LogP contribution in [0, 0.1) is 0 Å². The van der Waals surface area contributed by atoms with Gasteiger partial charge in [0.15, 0.2) is 0 Å². The van der Waals surface area contributed by atoms with Crippen molar-refractivity contribution < 1.29 is 35.0 Å². The molecular weight excluding hydrogens is 400 g/mol. The molecule has 1 aliphatic heterocycles. The number of hydrogen-bond donors (Lipinski definition) is 5. The summed E-state index contributed by atoms with van der Waals surface area (Å²) < 4.78 is 11.0. The molecule has 0 aromatic heterocycles. The predicted molar refractivity (Wildman–Crippen MR) is 106 cm³/mol. The first-order chi connectivity index (χ1) is 13.9. The van der Waals surface area contributed by atoms with Crippen LogP contribution in [-0.4, -0.2) is 69.8 Å². The van der Waals surface area contributed by atoms with Crippen LogP contribution in [0.5, 0.6) is 5.75 Å². The highest BCUT2D eigenvalue weighted by Gasteiger charge is 2.43. The summed E-state index contributed by atoms with van der Waals surface area (Å²) in [5.41, 5.74) is 2.36. The molecule has 0 spiro atoms. The minimum absolute atomic E-state index is 0.0535. The normalized spacial score (nSPS) is 27.0. The minimum Gasteiger partial charge on any atom is -0.491 e. The van der Waals surface area contributed by atoms with Crippen LogP contribution in [0.2, 0.25) is 5.02 Å². The van der Waals surface area contributed by atoms with Crippen molar-refractivity contribution in [3.05, 3.63) is 64.2 Å². The Morgan fingerprint density at radius 3 is 2.31 bits per heavy atom. The van der Waals surface area contributed by atoms with E-state index in [1.54, 1.807) is 30.3 Å². The van der Waals surface area contributed by atoms with E-state index in [9.17, 15) is 20.4 Å². The van der Waals surface area contributed by atoms with Gasteiger partial charge in [-0.25, -0.2) is 0 Å². The third kappa shape index (κ3) is 5.07. The maximum Gasteiger partial charge on any atom is 0.119 e. The molecule has 0 bridgehead atoms. The average molecular weight is 425 g/mol. The van der Waals surface area contributed by atoms with Gasteiger partial charge in [0.1, 0.15) is 42.9 Å². The fraction of sp³-hybridized carbons (Fsp3) is 0.429. The lowest BCUT2D eigenvalue weighted by atomic mass is 9.90. The molecule has 2 aromatic rings. The molecule has 0 saturated carbocycles. The zero-order chi connectivity index (χ0) is 21.0. The lowest BCUT2D eigenvalue weighted by molar-refractivity contribution is -0.231. The summed E-state index contributed by atoms with van der Waals surface area (Å²) in [5.74, 6) is 0.656. The van der Waals surface area contributed by atoms with Crippen molar-refractivity contribution >= 4 is 11.6 Å². The Morgan fingerprint density at radius 2 is 1.66 bits per heavy atom. The first-order valence-corrected chi connectivity index (χ1v) is 9.73. The second kappa shape index (κ2) is 9.86. The highest BCUT2D eigenvalue weighted by molar-refractivity contribution is 6.31. The van der Waals surface area contributed by atoms with Crippen LogP contribution in [0.1, 0.15) is 22.8 Å². The van der Waals surface area contributed by atoms with Crippen LogP contribution in [0.3, 0.4) is 0 Å². The van der Waals surface area contributed by atoms with Crippen LogP contribution >= 0.6 is 11.6 Å². The lowest BCUT2D eigenvalue weighted by Crippen LogP contribution is -2.55. The molecule has 5 atom stereocenters. The molecule has 158 valence electrons. The summed E-state index contributed by atoms with van der Waals surface area (Å²) in [7, 11) is 0. The second-order valence-electron chi connectivity index (χ2n) is 6.99. The van der Waals surface area contributed by atoms with Crippen LogP contribution in [0.25, 0.3) is 0 Å². The van der Waals surface area contributed by atoms with E-state index in [1.165, 1.54) is 0 Å². The van der Waals surface area contributed by atoms with Crippen molar-refractivity contribution in [3.63, 3.8) is 0 Å². The van der Waals surface area contributed by atoms with Crippen LogP contribution in [-0.2, 0) is 11.2 Å². The molecule has 1 fully saturated rings. The van der Waals surface area contributed by atoms with Gasteiger partial charge in [-0.3, -0.25) is 0 Å². The quantitative estimate of drug-likeness (QED) is 0.446. The van der Waals surface area contributed by atoms with E-state index in [2.05, 4.69) is 0 Å². The number of aliphatic hydroxyl groups excluding tert-OH is 5. The monoisotopic (exact) mass is 424 g/mol. The summed E-state index contributed by atoms with van der Waals surface area (Å²) in [4.78, 5) is 0. The Hall–Kier alpha value is -1.71. The van der Waals surface area contributed by atoms with Gasteiger partial charge in [-0.15, -0.1) is 0 Å². The molecule has 0 amide bonds. The maximum atomic E-state index is 10.3. The van der Waals surface area contributed by atoms with Gasteiger partial charge in [0.25, 0.3) is 0 Å². The number of aliphatic hydroxyl groups is 5. The zero-order valence-corrected chi connectivity index (χ0v) is 16.4. The topological polar surface area (TPSA) is 120 Å². The number of halogens is 1. The van der Waals surface area contributed by atoms with E-state index >= 15 is 0 Å². The molecule has 1 saturated heterocycles. The Bertz CT molecular complexity index is 796. The molecule has 1 heterocycles. The van der Waals surface area contributed by atoms with Gasteiger partial charge in [0, 0.05) is 5.02 Å². The van der Waals surface area contributed by atoms with E-state index in [-0.39, 0.29) is 13.2 Å². The molecule has 7 nitrogen and oxygen atoms in total. The number of benzene rings is 2. The summed E-state index contributed by atoms with van der Waals surface area (Å²) in [5, 5.41) is 49.1. The molecule has 1 aliphatic rings. The standard InChI is InChI=1S/C21H25ClO7/c22-16-6-3-13(21-20(27)19(26)18(25)17(11-24)29-21)10-14(16)9-12-1-4-15(5-2-12)28-8-7-23/h1-6,10,17-21,23-27H,7-9,11H2/t17-,18-,19+,20-,21+/m1/s1. The van der Waals surface area contributed by atoms with Crippen LogP contribution in [0.15, 0.2) is 42.5 Å². The SMILES string of the molecule is OCCOc1ccc(Cc2cc([C@@H]3O[C@H](CO)[C@@H](O)[C@H](O)[C@H]3O)ccc2Cl)cc1. The van der Waals surface area contributed by atoms with Gasteiger partial charge in [0.05, 0.1) is 13.2 Å². The smallest absolute Gasteiger partial charge is 0.119 e. The summed E-state index contributed by atoms with van der Waals surface area (Å²) in [6.07, 6.45) is -5.53. The zero-order valence-electron chi connectivity index (χ0n) is 15.7. The van der Waals surface area contributed by atoms with Crippen molar-refractivity contribution in [2.24, 2.45) is 0 Å². The third-order valence-corrected chi connectivity index (χ3v) is 5.34. The van der Waals surface area contributed by atoms with Crippen molar-refractivity contribution in [1.82, 2.24) is 0 Å². The van der Waals surface area contributed by atoms with Gasteiger partial charge in [-0.05, 0) is 41.3 Å². The molecule has 5 N–H and O–H groups in total. The number of hydrogen-bond acceptors (Lipinski definition) is 7. The predicted octanol–water partition coefficient (Wildman–Crippen LogP) is 0.817. The highest BCUT2D eigenvalue weighted by Crippen LogP contribution is 2.34. The van der Waals surface area contributed by atoms with Gasteiger partial charge < -0.3 is 35.0 Å². The second-order valence-corrected chi connectivity index (χ2v) is 7.40. The fourth-order valence-electron chi connectivity index (χ4n) is 3.37. The van der Waals surface area contributed by atoms with Crippen molar-refractivity contribution in [2.45, 2.75) is 36.9 Å². The fourth-order valence-corrected chi connectivity index (χ4v) is 3.56. The maximum absolute atomic E-state index is 10.3. The van der Waals surface area contributed by atoms with Crippen molar-refractivity contribution in [1.29, 1.82) is 0 Å². The minimum atomic E-state index is -1.43. The van der Waals surface area contributed by atoms with Gasteiger partial charge in [-0.1, -0.05) is 35.9 Å². The van der Waals surface area contributed by atoms with E-state index in [1.807, 2.05) is 12.1 Å². The summed E-state index contributed by atoms with van der Waals surface area (Å²) >= 11 is 6.34. The van der Waals surface area contributed by atoms with Crippen molar-refractivity contribution in [3.8, 4) is 5.75 Å². The molecular formula is C21H25ClO7. The van der Waals surface area contributed by atoms with Gasteiger partial charge in [0.2, 0.25) is 0 Å². The number of rotatable bonds is 7. The van der Waals surface area contributed by atoms with Crippen LogP contribution in [0.4, 0.5) is 0 Å². The first kappa shape index (κ1) is 22.0. The van der Waals surface area contributed by atoms with Crippen LogP contribution < -0.4 is 4.74 Å². The van der Waals surface area contributed by atoms with E-state index in [4.69, 9.17) is 26.2 Å².